The predicted molar refractivity (Wildman–Crippen MR) is 124 cm³/mol. The van der Waals surface area contributed by atoms with E-state index in [1.807, 2.05) is 30.3 Å². The number of benzene rings is 3. The van der Waals surface area contributed by atoms with Crippen LogP contribution in [-0.2, 0) is 11.2 Å². The maximum atomic E-state index is 10.5. The van der Waals surface area contributed by atoms with Gasteiger partial charge in [-0.1, -0.05) is 54.6 Å². The number of rotatable bonds is 3. The molecule has 0 aliphatic carbocycles. The average Bonchev–Trinajstić information content (AvgIpc) is 2.82. The Morgan fingerprint density at radius 1 is 0.844 bits per heavy atom. The number of hydrogen-bond donors (Lipinski definition) is 5. The van der Waals surface area contributed by atoms with E-state index in [-0.39, 0.29) is 18.4 Å². The Labute approximate surface area is 192 Å². The molecule has 7 heteroatoms. The quantitative estimate of drug-likeness (QED) is 0.412. The summed E-state index contributed by atoms with van der Waals surface area (Å²) in [4.78, 5) is 0. The van der Waals surface area contributed by atoms with E-state index in [9.17, 15) is 20.4 Å². The van der Waals surface area contributed by atoms with Crippen molar-refractivity contribution in [1.29, 1.82) is 0 Å². The molecule has 1 saturated heterocycles. The Balaban J connectivity index is 0.00000245. The fourth-order valence-corrected chi connectivity index (χ4v) is 4.81. The third-order valence-electron chi connectivity index (χ3n) is 6.55. The van der Waals surface area contributed by atoms with Crippen LogP contribution in [-0.4, -0.2) is 58.0 Å². The Morgan fingerprint density at radius 3 is 2.38 bits per heavy atom. The molecule has 2 aliphatic heterocycles. The number of halogens is 1. The van der Waals surface area contributed by atoms with Crippen molar-refractivity contribution >= 4 is 23.2 Å². The van der Waals surface area contributed by atoms with Gasteiger partial charge in [0.25, 0.3) is 0 Å². The van der Waals surface area contributed by atoms with Crippen LogP contribution in [0.15, 0.2) is 60.7 Å². The summed E-state index contributed by atoms with van der Waals surface area (Å²) < 4.78 is 5.78. The van der Waals surface area contributed by atoms with Crippen LogP contribution in [0.5, 0.6) is 0 Å². The highest BCUT2D eigenvalue weighted by Gasteiger charge is 2.44. The van der Waals surface area contributed by atoms with Crippen molar-refractivity contribution in [1.82, 2.24) is 5.32 Å². The average molecular weight is 458 g/mol. The number of ether oxygens (including phenoxy) is 1. The van der Waals surface area contributed by atoms with Crippen LogP contribution in [0, 0.1) is 0 Å². The Morgan fingerprint density at radius 2 is 1.59 bits per heavy atom. The topological polar surface area (TPSA) is 102 Å². The van der Waals surface area contributed by atoms with E-state index in [4.69, 9.17) is 4.74 Å². The van der Waals surface area contributed by atoms with Crippen LogP contribution in [0.2, 0.25) is 0 Å². The van der Waals surface area contributed by atoms with Gasteiger partial charge in [0.2, 0.25) is 0 Å². The lowest BCUT2D eigenvalue weighted by Crippen LogP contribution is -2.55. The molecule has 0 unspecified atom stereocenters. The van der Waals surface area contributed by atoms with Crippen LogP contribution in [0.3, 0.4) is 0 Å². The fourth-order valence-electron chi connectivity index (χ4n) is 4.81. The lowest BCUT2D eigenvalue weighted by Gasteiger charge is -2.40. The van der Waals surface area contributed by atoms with Gasteiger partial charge >= 0.3 is 0 Å². The molecule has 0 saturated carbocycles. The van der Waals surface area contributed by atoms with Gasteiger partial charge in [0.1, 0.15) is 30.5 Å². The van der Waals surface area contributed by atoms with Crippen LogP contribution < -0.4 is 5.32 Å². The van der Waals surface area contributed by atoms with E-state index >= 15 is 0 Å². The molecule has 3 aromatic carbocycles. The minimum absolute atomic E-state index is 0. The number of hydrogen-bond acceptors (Lipinski definition) is 6. The van der Waals surface area contributed by atoms with Crippen molar-refractivity contribution in [3.8, 4) is 0 Å². The van der Waals surface area contributed by atoms with Gasteiger partial charge in [-0.3, -0.25) is 0 Å². The molecule has 0 amide bonds. The Hall–Kier alpha value is -2.03. The lowest BCUT2D eigenvalue weighted by atomic mass is 9.85. The van der Waals surface area contributed by atoms with Crippen LogP contribution >= 0.6 is 12.4 Å². The van der Waals surface area contributed by atoms with Crippen molar-refractivity contribution in [2.75, 3.05) is 13.2 Å². The van der Waals surface area contributed by atoms with Gasteiger partial charge in [-0.05, 0) is 45.5 Å². The lowest BCUT2D eigenvalue weighted by molar-refractivity contribution is -0.231. The number of nitrogens with one attached hydrogen (secondary N) is 1. The standard InChI is InChI=1S/C25H27NO5.ClH/c27-13-20-22(28)23(29)24(30)25(31-20)18-8-6-15-9-10-26-21(19(15)12-18)17-7-5-14-3-1-2-4-16(14)11-17;/h1-8,11-12,20-30H,9-10,13H2;1H/t20-,21+,22-,23+,24-,25+;/m1./s1. The zero-order chi connectivity index (χ0) is 21.5. The Kier molecular flexibility index (Phi) is 6.83. The molecule has 2 heterocycles. The smallest absolute Gasteiger partial charge is 0.113 e. The van der Waals surface area contributed by atoms with Gasteiger partial charge in [-0.25, -0.2) is 0 Å². The largest absolute Gasteiger partial charge is 0.394 e. The first-order chi connectivity index (χ1) is 15.1. The molecule has 5 rings (SSSR count). The van der Waals surface area contributed by atoms with E-state index in [0.29, 0.717) is 5.56 Å². The fraction of sp³-hybridized carbons (Fsp3) is 0.360. The molecule has 5 N–H and O–H groups in total. The maximum absolute atomic E-state index is 10.5. The van der Waals surface area contributed by atoms with Crippen LogP contribution in [0.1, 0.15) is 34.4 Å². The summed E-state index contributed by atoms with van der Waals surface area (Å²) in [6.45, 7) is 0.428. The van der Waals surface area contributed by atoms with E-state index in [1.165, 1.54) is 16.3 Å². The third kappa shape index (κ3) is 4.04. The van der Waals surface area contributed by atoms with Crippen molar-refractivity contribution in [3.05, 3.63) is 82.9 Å². The molecule has 6 atom stereocenters. The Bertz CT molecular complexity index is 1090. The van der Waals surface area contributed by atoms with Gasteiger partial charge in [-0.2, -0.15) is 0 Å². The van der Waals surface area contributed by atoms with Crippen molar-refractivity contribution < 1.29 is 25.2 Å². The molecule has 0 aromatic heterocycles. The molecule has 0 spiro atoms. The highest BCUT2D eigenvalue weighted by Crippen LogP contribution is 2.37. The summed E-state index contributed by atoms with van der Waals surface area (Å²) in [7, 11) is 0. The second-order valence-corrected chi connectivity index (χ2v) is 8.45. The molecule has 0 bridgehead atoms. The summed E-state index contributed by atoms with van der Waals surface area (Å²) in [6, 6.07) is 20.7. The SMILES string of the molecule is Cl.OC[C@H]1O[C@@H](c2ccc3c(c2)[C@H](c2ccc4ccccc4c2)NCC3)[C@H](O)[C@@H](O)[C@@H]1O. The van der Waals surface area contributed by atoms with Crippen molar-refractivity contribution in [2.45, 2.75) is 43.0 Å². The molecule has 32 heavy (non-hydrogen) atoms. The van der Waals surface area contributed by atoms with Crippen molar-refractivity contribution in [3.63, 3.8) is 0 Å². The van der Waals surface area contributed by atoms with Crippen LogP contribution in [0.25, 0.3) is 10.8 Å². The number of fused-ring (bicyclic) bond motifs is 2. The molecule has 6 nitrogen and oxygen atoms in total. The van der Waals surface area contributed by atoms with Crippen molar-refractivity contribution in [2.24, 2.45) is 0 Å². The highest BCUT2D eigenvalue weighted by atomic mass is 35.5. The molecule has 2 aliphatic rings. The molecule has 0 radical (unpaired) electrons. The summed E-state index contributed by atoms with van der Waals surface area (Å²) in [6.07, 6.45) is -4.89. The minimum Gasteiger partial charge on any atom is -0.394 e. The summed E-state index contributed by atoms with van der Waals surface area (Å²) in [5.74, 6) is 0. The second kappa shape index (κ2) is 9.45. The molecule has 3 aromatic rings. The molecular weight excluding hydrogens is 430 g/mol. The summed E-state index contributed by atoms with van der Waals surface area (Å²) in [5, 5.41) is 46.3. The normalized spacial score (nSPS) is 29.9. The van der Waals surface area contributed by atoms with Gasteiger partial charge in [0.05, 0.1) is 12.6 Å². The zero-order valence-electron chi connectivity index (χ0n) is 17.5. The van der Waals surface area contributed by atoms with E-state index in [0.717, 1.165) is 24.1 Å². The molecular formula is C25H28ClNO5. The number of aliphatic hydroxyl groups is 4. The van der Waals surface area contributed by atoms with Gasteiger partial charge in [0.15, 0.2) is 0 Å². The molecule has 1 fully saturated rings. The minimum atomic E-state index is -1.39. The van der Waals surface area contributed by atoms with Gasteiger partial charge in [0, 0.05) is 6.54 Å². The monoisotopic (exact) mass is 457 g/mol. The first kappa shape index (κ1) is 23.1. The van der Waals surface area contributed by atoms with E-state index in [2.05, 4.69) is 35.6 Å². The van der Waals surface area contributed by atoms with Gasteiger partial charge < -0.3 is 30.5 Å². The zero-order valence-corrected chi connectivity index (χ0v) is 18.3. The van der Waals surface area contributed by atoms with Crippen LogP contribution in [0.4, 0.5) is 0 Å². The highest BCUT2D eigenvalue weighted by molar-refractivity contribution is 5.85. The van der Waals surface area contributed by atoms with E-state index in [1.54, 1.807) is 0 Å². The number of aliphatic hydroxyl groups excluding tert-OH is 4. The summed E-state index contributed by atoms with van der Waals surface area (Å²) >= 11 is 0. The van der Waals surface area contributed by atoms with Gasteiger partial charge in [-0.15, -0.1) is 12.4 Å². The second-order valence-electron chi connectivity index (χ2n) is 8.45. The summed E-state index contributed by atoms with van der Waals surface area (Å²) in [5.41, 5.74) is 4.21. The van der Waals surface area contributed by atoms with E-state index < -0.39 is 37.1 Å². The first-order valence-electron chi connectivity index (χ1n) is 10.7. The predicted octanol–water partition coefficient (Wildman–Crippen LogP) is 2.01. The first-order valence-corrected chi connectivity index (χ1v) is 10.7. The molecule has 170 valence electrons. The third-order valence-corrected chi connectivity index (χ3v) is 6.55. The maximum Gasteiger partial charge on any atom is 0.113 e.